The number of nitrogens with zero attached hydrogens (tertiary/aromatic N) is 1. The number of allylic oxidation sites excluding steroid dienone is 3. The molecule has 0 unspecified atom stereocenters. The van der Waals surface area contributed by atoms with Gasteiger partial charge < -0.3 is 5.11 Å². The number of nitrogens with one attached hydrogen (secondary N) is 2. The molecule has 31 heavy (non-hydrogen) atoms. The summed E-state index contributed by atoms with van der Waals surface area (Å²) in [5, 5.41) is 23.4. The van der Waals surface area contributed by atoms with Gasteiger partial charge in [-0.15, -0.1) is 0 Å². The van der Waals surface area contributed by atoms with E-state index in [2.05, 4.69) is 62.5 Å². The molecule has 0 saturated heterocycles. The molecule has 0 aromatic heterocycles. The summed E-state index contributed by atoms with van der Waals surface area (Å²) in [6.07, 6.45) is 7.83. The van der Waals surface area contributed by atoms with Crippen molar-refractivity contribution in [1.29, 1.82) is 5.41 Å². The molecule has 0 heterocycles. The van der Waals surface area contributed by atoms with E-state index >= 15 is 0 Å². The zero-order valence-corrected chi connectivity index (χ0v) is 19.7. The Labute approximate surface area is 189 Å². The molecule has 3 rings (SSSR count). The van der Waals surface area contributed by atoms with Crippen molar-refractivity contribution in [3.63, 3.8) is 0 Å². The summed E-state index contributed by atoms with van der Waals surface area (Å²) in [5.74, 6) is 0.200. The predicted octanol–water partition coefficient (Wildman–Crippen LogP) is 6.98. The van der Waals surface area contributed by atoms with Crippen LogP contribution in [-0.4, -0.2) is 16.5 Å². The molecule has 0 radical (unpaired) electrons. The largest absolute Gasteiger partial charge is 0.505 e. The number of thioether (sulfide) groups is 1. The van der Waals surface area contributed by atoms with E-state index in [1.165, 1.54) is 5.56 Å². The highest BCUT2D eigenvalue weighted by Crippen LogP contribution is 2.37. The van der Waals surface area contributed by atoms with Gasteiger partial charge in [0.05, 0.1) is 11.4 Å². The summed E-state index contributed by atoms with van der Waals surface area (Å²) < 4.78 is 0. The van der Waals surface area contributed by atoms with Crippen molar-refractivity contribution in [1.82, 2.24) is 0 Å². The van der Waals surface area contributed by atoms with Crippen LogP contribution in [-0.2, 0) is 11.8 Å². The first-order chi connectivity index (χ1) is 14.7. The summed E-state index contributed by atoms with van der Waals surface area (Å²) in [7, 11) is 0. The molecule has 1 aliphatic carbocycles. The third kappa shape index (κ3) is 5.88. The summed E-state index contributed by atoms with van der Waals surface area (Å²) in [6, 6.07) is 12.5. The van der Waals surface area contributed by atoms with Crippen LogP contribution in [0.5, 0.6) is 5.75 Å². The maximum absolute atomic E-state index is 10.7. The van der Waals surface area contributed by atoms with Crippen molar-refractivity contribution in [2.45, 2.75) is 57.8 Å². The van der Waals surface area contributed by atoms with Gasteiger partial charge in [-0.2, -0.15) is 5.10 Å². The monoisotopic (exact) mass is 433 g/mol. The van der Waals surface area contributed by atoms with Crippen molar-refractivity contribution in [2.24, 2.45) is 5.10 Å². The molecule has 2 aromatic carbocycles. The van der Waals surface area contributed by atoms with Gasteiger partial charge in [-0.05, 0) is 66.3 Å². The molecular formula is C26H31N3OS. The first kappa shape index (κ1) is 22.9. The van der Waals surface area contributed by atoms with Gasteiger partial charge in [0.25, 0.3) is 0 Å². The summed E-state index contributed by atoms with van der Waals surface area (Å²) >= 11 is 1.65. The fourth-order valence-corrected chi connectivity index (χ4v) is 4.22. The zero-order chi connectivity index (χ0) is 22.6. The maximum Gasteiger partial charge on any atom is 0.144 e. The lowest BCUT2D eigenvalue weighted by molar-refractivity contribution is 0.448. The number of hydrazone groups is 1. The normalized spacial score (nSPS) is 15.3. The Morgan fingerprint density at radius 3 is 2.45 bits per heavy atom. The van der Waals surface area contributed by atoms with Crippen LogP contribution in [0.15, 0.2) is 69.5 Å². The van der Waals surface area contributed by atoms with Crippen LogP contribution in [0.4, 0.5) is 5.69 Å². The Morgan fingerprint density at radius 2 is 1.81 bits per heavy atom. The van der Waals surface area contributed by atoms with Gasteiger partial charge in [-0.1, -0.05) is 64.1 Å². The molecular weight excluding hydrogens is 402 g/mol. The third-order valence-electron chi connectivity index (χ3n) is 5.03. The van der Waals surface area contributed by atoms with Crippen LogP contribution in [0.1, 0.15) is 50.8 Å². The van der Waals surface area contributed by atoms with Gasteiger partial charge in [0.1, 0.15) is 11.5 Å². The van der Waals surface area contributed by atoms with Gasteiger partial charge in [0, 0.05) is 15.4 Å². The average Bonchev–Trinajstić information content (AvgIpc) is 2.71. The molecule has 0 aliphatic heterocycles. The fraction of sp³-hybridized carbons (Fsp3) is 0.308. The third-order valence-corrected chi connectivity index (χ3v) is 6.02. The summed E-state index contributed by atoms with van der Waals surface area (Å²) in [4.78, 5) is 2.17. The Kier molecular flexibility index (Phi) is 7.06. The molecule has 2 aromatic rings. The predicted molar refractivity (Wildman–Crippen MR) is 134 cm³/mol. The SMILES string of the molecule is CCCc1ccc(SC2=C/C(=N/Nc3cc(C)cc(C(C)(C)C)c3O)C(=N)C=C2)cc1. The zero-order valence-electron chi connectivity index (χ0n) is 18.9. The second-order valence-electron chi connectivity index (χ2n) is 8.86. The van der Waals surface area contributed by atoms with Crippen molar-refractivity contribution in [3.8, 4) is 5.75 Å². The van der Waals surface area contributed by atoms with E-state index in [9.17, 15) is 5.11 Å². The molecule has 4 nitrogen and oxygen atoms in total. The Balaban J connectivity index is 1.80. The van der Waals surface area contributed by atoms with Crippen molar-refractivity contribution >= 4 is 28.9 Å². The molecule has 0 spiro atoms. The number of phenolic OH excluding ortho intramolecular Hbond substituents is 1. The summed E-state index contributed by atoms with van der Waals surface area (Å²) in [5.41, 5.74) is 7.47. The highest BCUT2D eigenvalue weighted by atomic mass is 32.2. The first-order valence-corrected chi connectivity index (χ1v) is 11.4. The number of phenols is 1. The van der Waals surface area contributed by atoms with E-state index in [1.54, 1.807) is 17.8 Å². The van der Waals surface area contributed by atoms with Crippen LogP contribution in [0.25, 0.3) is 0 Å². The van der Waals surface area contributed by atoms with Gasteiger partial charge in [-0.3, -0.25) is 10.8 Å². The number of aromatic hydroxyl groups is 1. The molecule has 1 aliphatic rings. The smallest absolute Gasteiger partial charge is 0.144 e. The van der Waals surface area contributed by atoms with Crippen molar-refractivity contribution in [2.75, 3.05) is 5.43 Å². The van der Waals surface area contributed by atoms with E-state index in [-0.39, 0.29) is 11.2 Å². The van der Waals surface area contributed by atoms with E-state index in [0.29, 0.717) is 17.1 Å². The minimum atomic E-state index is -0.184. The van der Waals surface area contributed by atoms with E-state index < -0.39 is 0 Å². The quantitative estimate of drug-likeness (QED) is 0.261. The second-order valence-corrected chi connectivity index (χ2v) is 10.0. The molecule has 0 saturated carbocycles. The Bertz CT molecular complexity index is 1060. The Hall–Kier alpha value is -2.79. The minimum Gasteiger partial charge on any atom is -0.505 e. The fourth-order valence-electron chi connectivity index (χ4n) is 3.37. The molecule has 5 heteroatoms. The van der Waals surface area contributed by atoms with E-state index in [0.717, 1.165) is 33.8 Å². The maximum atomic E-state index is 10.7. The first-order valence-electron chi connectivity index (χ1n) is 10.6. The van der Waals surface area contributed by atoms with Crippen LogP contribution >= 0.6 is 11.8 Å². The van der Waals surface area contributed by atoms with Crippen molar-refractivity contribution < 1.29 is 5.11 Å². The van der Waals surface area contributed by atoms with Gasteiger partial charge in [-0.25, -0.2) is 0 Å². The lowest BCUT2D eigenvalue weighted by Crippen LogP contribution is -2.14. The van der Waals surface area contributed by atoms with Gasteiger partial charge in [0.2, 0.25) is 0 Å². The highest BCUT2D eigenvalue weighted by Gasteiger charge is 2.21. The second kappa shape index (κ2) is 9.56. The number of hydrogen-bond donors (Lipinski definition) is 3. The van der Waals surface area contributed by atoms with Gasteiger partial charge in [0.15, 0.2) is 0 Å². The lowest BCUT2D eigenvalue weighted by atomic mass is 9.85. The van der Waals surface area contributed by atoms with Crippen molar-refractivity contribution in [3.05, 3.63) is 76.2 Å². The molecule has 0 fully saturated rings. The highest BCUT2D eigenvalue weighted by molar-refractivity contribution is 8.03. The molecule has 0 amide bonds. The lowest BCUT2D eigenvalue weighted by Gasteiger charge is -2.22. The van der Waals surface area contributed by atoms with Crippen LogP contribution < -0.4 is 5.43 Å². The van der Waals surface area contributed by atoms with Crippen LogP contribution in [0.2, 0.25) is 0 Å². The Morgan fingerprint density at radius 1 is 1.10 bits per heavy atom. The van der Waals surface area contributed by atoms with Crippen LogP contribution in [0, 0.1) is 12.3 Å². The number of rotatable bonds is 6. The number of anilines is 1. The number of aryl methyl sites for hydroxylation is 2. The number of benzene rings is 2. The molecule has 3 N–H and O–H groups in total. The van der Waals surface area contributed by atoms with E-state index in [4.69, 9.17) is 5.41 Å². The molecule has 0 bridgehead atoms. The standard InChI is InChI=1S/C26H31N3OS/c1-6-7-18-8-10-19(11-9-18)31-20-12-13-22(27)23(16-20)28-29-24-15-17(2)14-21(25(24)30)26(3,4)5/h8-16,27,29-30H,6-7H2,1-5H3/b27-22?,28-23-. The average molecular weight is 434 g/mol. The summed E-state index contributed by atoms with van der Waals surface area (Å²) in [6.45, 7) is 10.4. The van der Waals surface area contributed by atoms with Crippen LogP contribution in [0.3, 0.4) is 0 Å². The van der Waals surface area contributed by atoms with E-state index in [1.807, 2.05) is 31.2 Å². The molecule has 0 atom stereocenters. The minimum absolute atomic E-state index is 0.184. The molecule has 162 valence electrons. The topological polar surface area (TPSA) is 68.5 Å². The number of hydrogen-bond acceptors (Lipinski definition) is 5. The van der Waals surface area contributed by atoms with Gasteiger partial charge >= 0.3 is 0 Å².